The first-order valence-electron chi connectivity index (χ1n) is 7.07. The van der Waals surface area contributed by atoms with Crippen molar-refractivity contribution in [1.82, 2.24) is 0 Å². The molecule has 1 heterocycles. The van der Waals surface area contributed by atoms with E-state index in [2.05, 4.69) is 0 Å². The number of rotatable bonds is 3. The van der Waals surface area contributed by atoms with Crippen molar-refractivity contribution in [1.29, 1.82) is 0 Å². The molecular formula is C16H15F3O3. The number of alkyl halides is 3. The van der Waals surface area contributed by atoms with Crippen LogP contribution in [0, 0.1) is 18.8 Å². The van der Waals surface area contributed by atoms with Gasteiger partial charge < -0.3 is 9.52 Å². The van der Waals surface area contributed by atoms with Gasteiger partial charge in [0.25, 0.3) is 0 Å². The second kappa shape index (κ2) is 5.04. The van der Waals surface area contributed by atoms with Gasteiger partial charge in [-0.25, -0.2) is 4.79 Å². The van der Waals surface area contributed by atoms with E-state index >= 15 is 0 Å². The number of carboxylic acids is 1. The fraction of sp³-hybridized carbons (Fsp3) is 0.438. The monoisotopic (exact) mass is 312 g/mol. The zero-order valence-electron chi connectivity index (χ0n) is 11.9. The predicted molar refractivity (Wildman–Crippen MR) is 73.9 cm³/mol. The maximum Gasteiger partial charge on any atom is 0.391 e. The number of aryl methyl sites for hydroxylation is 1. The van der Waals surface area contributed by atoms with Crippen LogP contribution in [-0.2, 0) is 6.42 Å². The van der Waals surface area contributed by atoms with Gasteiger partial charge in [0.15, 0.2) is 0 Å². The fourth-order valence-corrected chi connectivity index (χ4v) is 3.16. The molecule has 0 amide bonds. The zero-order chi connectivity index (χ0) is 16.1. The molecule has 0 radical (unpaired) electrons. The highest BCUT2D eigenvalue weighted by Crippen LogP contribution is 2.46. The summed E-state index contributed by atoms with van der Waals surface area (Å²) in [4.78, 5) is 11.3. The molecule has 0 saturated heterocycles. The first kappa shape index (κ1) is 14.9. The van der Waals surface area contributed by atoms with Gasteiger partial charge in [-0.2, -0.15) is 13.2 Å². The summed E-state index contributed by atoms with van der Waals surface area (Å²) in [7, 11) is 0. The van der Waals surface area contributed by atoms with Crippen LogP contribution in [0.5, 0.6) is 0 Å². The van der Waals surface area contributed by atoms with Crippen LogP contribution in [0.2, 0.25) is 0 Å². The Morgan fingerprint density at radius 2 is 2.05 bits per heavy atom. The number of fused-ring (bicyclic) bond motifs is 1. The number of aromatic carboxylic acids is 1. The van der Waals surface area contributed by atoms with Gasteiger partial charge in [-0.1, -0.05) is 6.07 Å². The molecule has 0 unspecified atom stereocenters. The highest BCUT2D eigenvalue weighted by molar-refractivity contribution is 6.03. The van der Waals surface area contributed by atoms with Crippen molar-refractivity contribution in [3.05, 3.63) is 35.1 Å². The number of carboxylic acid groups (broad SMARTS) is 1. The molecule has 1 aliphatic carbocycles. The molecule has 1 fully saturated rings. The number of halogens is 3. The Kier molecular flexibility index (Phi) is 3.42. The van der Waals surface area contributed by atoms with Crippen LogP contribution in [0.3, 0.4) is 0 Å². The molecule has 3 nitrogen and oxygen atoms in total. The molecule has 22 heavy (non-hydrogen) atoms. The highest BCUT2D eigenvalue weighted by Gasteiger charge is 2.47. The van der Waals surface area contributed by atoms with Crippen LogP contribution in [-0.4, -0.2) is 17.3 Å². The Morgan fingerprint density at radius 3 is 2.64 bits per heavy atom. The van der Waals surface area contributed by atoms with Crippen molar-refractivity contribution in [3.63, 3.8) is 0 Å². The van der Waals surface area contributed by atoms with Gasteiger partial charge in [0.05, 0.1) is 5.92 Å². The maximum absolute atomic E-state index is 12.5. The van der Waals surface area contributed by atoms with E-state index in [1.807, 2.05) is 0 Å². The second-order valence-electron chi connectivity index (χ2n) is 5.95. The molecule has 3 rings (SSSR count). The summed E-state index contributed by atoms with van der Waals surface area (Å²) in [6, 6.07) is 5.19. The lowest BCUT2D eigenvalue weighted by molar-refractivity contribution is -0.204. The number of furan rings is 1. The van der Waals surface area contributed by atoms with Gasteiger partial charge in [-0.15, -0.1) is 0 Å². The van der Waals surface area contributed by atoms with Crippen LogP contribution < -0.4 is 0 Å². The maximum atomic E-state index is 12.5. The average Bonchev–Trinajstić information content (AvgIpc) is 2.66. The van der Waals surface area contributed by atoms with Crippen LogP contribution in [0.25, 0.3) is 11.0 Å². The summed E-state index contributed by atoms with van der Waals surface area (Å²) in [5, 5.41) is 9.73. The van der Waals surface area contributed by atoms with Crippen LogP contribution in [0.1, 0.15) is 34.5 Å². The van der Waals surface area contributed by atoms with Crippen LogP contribution >= 0.6 is 0 Å². The number of carbonyl (C=O) groups is 1. The Morgan fingerprint density at radius 1 is 1.36 bits per heavy atom. The summed E-state index contributed by atoms with van der Waals surface area (Å²) >= 11 is 0. The first-order chi connectivity index (χ1) is 10.3. The SMILES string of the molecule is Cc1oc2ccc(CC3CC(C(F)(F)F)C3)cc2c1C(=O)O. The minimum absolute atomic E-state index is 0.00495. The standard InChI is InChI=1S/C16H15F3O3/c1-8-14(15(20)21)12-7-9(2-3-13(12)22-8)4-10-5-11(6-10)16(17,18)19/h2-3,7,10-11H,4-6H2,1H3,(H,20,21). The van der Waals surface area contributed by atoms with E-state index in [1.165, 1.54) is 0 Å². The third-order valence-electron chi connectivity index (χ3n) is 4.37. The quantitative estimate of drug-likeness (QED) is 0.903. The van der Waals surface area contributed by atoms with E-state index in [9.17, 15) is 23.1 Å². The van der Waals surface area contributed by atoms with E-state index in [1.54, 1.807) is 25.1 Å². The van der Waals surface area contributed by atoms with Gasteiger partial charge in [-0.05, 0) is 49.8 Å². The van der Waals surface area contributed by atoms with Crippen LogP contribution in [0.15, 0.2) is 22.6 Å². The van der Waals surface area contributed by atoms with E-state index in [0.29, 0.717) is 23.2 Å². The van der Waals surface area contributed by atoms with Crippen molar-refractivity contribution in [2.75, 3.05) is 0 Å². The van der Waals surface area contributed by atoms with Crippen molar-refractivity contribution in [2.45, 2.75) is 32.4 Å². The van der Waals surface area contributed by atoms with E-state index in [-0.39, 0.29) is 24.3 Å². The van der Waals surface area contributed by atoms with Gasteiger partial charge in [0.1, 0.15) is 16.9 Å². The molecule has 0 bridgehead atoms. The first-order valence-corrected chi connectivity index (χ1v) is 7.07. The smallest absolute Gasteiger partial charge is 0.391 e. The lowest BCUT2D eigenvalue weighted by Gasteiger charge is -2.36. The Hall–Kier alpha value is -1.98. The summed E-state index contributed by atoms with van der Waals surface area (Å²) in [5.74, 6) is -1.91. The molecular weight excluding hydrogens is 297 g/mol. The average molecular weight is 312 g/mol. The summed E-state index contributed by atoms with van der Waals surface area (Å²) < 4.78 is 42.9. The molecule has 1 saturated carbocycles. The van der Waals surface area contributed by atoms with Crippen molar-refractivity contribution in [2.24, 2.45) is 11.8 Å². The van der Waals surface area contributed by atoms with E-state index in [0.717, 1.165) is 5.56 Å². The second-order valence-corrected chi connectivity index (χ2v) is 5.95. The molecule has 2 aromatic rings. The Bertz CT molecular complexity index is 724. The van der Waals surface area contributed by atoms with Crippen LogP contribution in [0.4, 0.5) is 13.2 Å². The molecule has 1 N–H and O–H groups in total. The molecule has 0 atom stereocenters. The predicted octanol–water partition coefficient (Wildman–Crippen LogP) is 4.57. The van der Waals surface area contributed by atoms with Gasteiger partial charge in [0, 0.05) is 5.39 Å². The molecule has 0 spiro atoms. The number of hydrogen-bond donors (Lipinski definition) is 1. The minimum Gasteiger partial charge on any atom is -0.478 e. The van der Waals surface area contributed by atoms with Gasteiger partial charge in [0.2, 0.25) is 0 Å². The summed E-state index contributed by atoms with van der Waals surface area (Å²) in [6.45, 7) is 1.59. The zero-order valence-corrected chi connectivity index (χ0v) is 11.9. The molecule has 118 valence electrons. The Labute approximate surface area is 124 Å². The third kappa shape index (κ3) is 2.58. The molecule has 6 heteroatoms. The van der Waals surface area contributed by atoms with E-state index < -0.39 is 18.1 Å². The normalized spacial score (nSPS) is 21.8. The van der Waals surface area contributed by atoms with Crippen molar-refractivity contribution >= 4 is 16.9 Å². The lowest BCUT2D eigenvalue weighted by Crippen LogP contribution is -2.36. The van der Waals surface area contributed by atoms with E-state index in [4.69, 9.17) is 4.42 Å². The molecule has 1 aliphatic rings. The fourth-order valence-electron chi connectivity index (χ4n) is 3.16. The number of hydrogen-bond acceptors (Lipinski definition) is 2. The number of benzene rings is 1. The van der Waals surface area contributed by atoms with Crippen molar-refractivity contribution in [3.8, 4) is 0 Å². The van der Waals surface area contributed by atoms with Gasteiger partial charge in [-0.3, -0.25) is 0 Å². The molecule has 0 aliphatic heterocycles. The molecule has 1 aromatic carbocycles. The highest BCUT2D eigenvalue weighted by atomic mass is 19.4. The molecule has 1 aromatic heterocycles. The minimum atomic E-state index is -4.10. The topological polar surface area (TPSA) is 50.4 Å². The third-order valence-corrected chi connectivity index (χ3v) is 4.37. The summed E-state index contributed by atoms with van der Waals surface area (Å²) in [6.07, 6.45) is -3.26. The summed E-state index contributed by atoms with van der Waals surface area (Å²) in [5.41, 5.74) is 1.46. The van der Waals surface area contributed by atoms with Crippen molar-refractivity contribution < 1.29 is 27.5 Å². The Balaban J connectivity index is 1.79. The largest absolute Gasteiger partial charge is 0.478 e. The van der Waals surface area contributed by atoms with Gasteiger partial charge >= 0.3 is 12.1 Å². The lowest BCUT2D eigenvalue weighted by atomic mass is 9.72.